The zero-order valence-corrected chi connectivity index (χ0v) is 7.49. The number of halogens is 2. The summed E-state index contributed by atoms with van der Waals surface area (Å²) in [5.41, 5.74) is 0. The van der Waals surface area contributed by atoms with E-state index in [1.54, 1.807) is 0 Å². The summed E-state index contributed by atoms with van der Waals surface area (Å²) in [6.07, 6.45) is 0. The third-order valence-corrected chi connectivity index (χ3v) is 0. The fourth-order valence-corrected chi connectivity index (χ4v) is 0. The minimum absolute atomic E-state index is 0. The third-order valence-electron chi connectivity index (χ3n) is 0. The van der Waals surface area contributed by atoms with Gasteiger partial charge in [0.15, 0.2) is 0 Å². The molecule has 0 saturated carbocycles. The number of rotatable bonds is 0. The molecule has 78 valence electrons. The SMILES string of the molecule is O.[Fe+2].[O-][Cl+3]([O-])([O-])[O-].[O-][Cl+3]([O-])([O-])[O-]. The van der Waals surface area contributed by atoms with Crippen LogP contribution in [0.15, 0.2) is 0 Å². The summed E-state index contributed by atoms with van der Waals surface area (Å²) in [5, 5.41) is 0. The second kappa shape index (κ2) is 8.34. The summed E-state index contributed by atoms with van der Waals surface area (Å²) in [5.74, 6) is 0. The smallest absolute Gasteiger partial charge is 0.412 e. The summed E-state index contributed by atoms with van der Waals surface area (Å²) in [7, 11) is -9.89. The van der Waals surface area contributed by atoms with E-state index in [9.17, 15) is 0 Å². The van der Waals surface area contributed by atoms with Crippen molar-refractivity contribution in [1.29, 1.82) is 0 Å². The van der Waals surface area contributed by atoms with Gasteiger partial charge in [0, 0.05) is 0 Å². The molecule has 12 heteroatoms. The number of hydrogen-bond acceptors (Lipinski definition) is 8. The van der Waals surface area contributed by atoms with Gasteiger partial charge < -0.3 is 5.48 Å². The van der Waals surface area contributed by atoms with E-state index in [4.69, 9.17) is 37.3 Å². The van der Waals surface area contributed by atoms with E-state index in [1.807, 2.05) is 0 Å². The van der Waals surface area contributed by atoms with E-state index in [1.165, 1.54) is 0 Å². The van der Waals surface area contributed by atoms with Crippen molar-refractivity contribution in [3.63, 3.8) is 0 Å². The molecule has 9 nitrogen and oxygen atoms in total. The molecule has 0 fully saturated rings. The molecule has 0 rings (SSSR count). The van der Waals surface area contributed by atoms with Crippen molar-refractivity contribution < 1.29 is 80.3 Å². The van der Waals surface area contributed by atoms with Gasteiger partial charge in [0.2, 0.25) is 0 Å². The maximum Gasteiger partial charge on any atom is 2.00 e. The third kappa shape index (κ3) is 1860. The van der Waals surface area contributed by atoms with Gasteiger partial charge in [-0.2, -0.15) is 0 Å². The molecule has 0 unspecified atom stereocenters. The first-order chi connectivity index (χ1) is 4.00. The normalized spacial score (nSPS) is 10.0. The molecule has 2 N–H and O–H groups in total. The summed E-state index contributed by atoms with van der Waals surface area (Å²) in [4.78, 5) is 0. The molecule has 0 amide bonds. The monoisotopic (exact) mass is 272 g/mol. The Morgan fingerprint density at radius 2 is 0.500 bits per heavy atom. The quantitative estimate of drug-likeness (QED) is 0.384. The van der Waals surface area contributed by atoms with Crippen LogP contribution in [-0.2, 0) is 17.1 Å². The van der Waals surface area contributed by atoms with E-state index < -0.39 is 20.5 Å². The van der Waals surface area contributed by atoms with Gasteiger partial charge in [-0.1, -0.05) is 0 Å². The van der Waals surface area contributed by atoms with E-state index in [0.717, 1.165) is 0 Å². The van der Waals surface area contributed by atoms with E-state index >= 15 is 0 Å². The van der Waals surface area contributed by atoms with Gasteiger partial charge in [-0.15, -0.1) is 20.5 Å². The molecule has 0 aliphatic carbocycles. The van der Waals surface area contributed by atoms with Gasteiger partial charge in [-0.25, -0.2) is 37.3 Å². The van der Waals surface area contributed by atoms with Crippen LogP contribution >= 0.6 is 0 Å². The number of hydrogen-bond donors (Lipinski definition) is 0. The molecule has 0 aliphatic rings. The molecule has 0 aromatic carbocycles. The van der Waals surface area contributed by atoms with Crippen LogP contribution in [0.4, 0.5) is 0 Å². The zero-order valence-electron chi connectivity index (χ0n) is 4.88. The minimum Gasteiger partial charge on any atom is -0.412 e. The predicted octanol–water partition coefficient (Wildman–Crippen LogP) is -10.3. The fraction of sp³-hybridized carbons (Fsp3) is 0. The van der Waals surface area contributed by atoms with Crippen molar-refractivity contribution in [3.8, 4) is 0 Å². The van der Waals surface area contributed by atoms with Gasteiger partial charge in [0.1, 0.15) is 0 Å². The van der Waals surface area contributed by atoms with Crippen LogP contribution in [-0.4, -0.2) is 5.48 Å². The van der Waals surface area contributed by atoms with E-state index in [0.29, 0.717) is 0 Å². The van der Waals surface area contributed by atoms with Gasteiger partial charge >= 0.3 is 17.1 Å². The van der Waals surface area contributed by atoms with Crippen molar-refractivity contribution in [2.45, 2.75) is 0 Å². The first-order valence-electron chi connectivity index (χ1n) is 1.23. The summed E-state index contributed by atoms with van der Waals surface area (Å²) >= 11 is 0. The summed E-state index contributed by atoms with van der Waals surface area (Å²) in [6, 6.07) is 0. The summed E-state index contributed by atoms with van der Waals surface area (Å²) in [6.45, 7) is 0. The average molecular weight is 273 g/mol. The molecule has 0 radical (unpaired) electrons. The van der Waals surface area contributed by atoms with Crippen molar-refractivity contribution in [1.82, 2.24) is 0 Å². The first-order valence-corrected chi connectivity index (χ1v) is 3.70. The molecule has 0 aromatic rings. The van der Waals surface area contributed by atoms with Crippen LogP contribution in [0.1, 0.15) is 0 Å². The van der Waals surface area contributed by atoms with E-state index in [-0.39, 0.29) is 22.5 Å². The Hall–Kier alpha value is 0.739. The van der Waals surface area contributed by atoms with Gasteiger partial charge in [0.25, 0.3) is 0 Å². The largest absolute Gasteiger partial charge is 2.00 e. The molecule has 0 spiro atoms. The average Bonchev–Trinajstić information content (AvgIpc) is 1.12. The molecule has 0 saturated heterocycles. The molecule has 0 heterocycles. The topological polar surface area (TPSA) is 216 Å². The zero-order chi connectivity index (χ0) is 9.00. The fourth-order valence-electron chi connectivity index (χ4n) is 0. The van der Waals surface area contributed by atoms with Crippen LogP contribution in [0.25, 0.3) is 0 Å². The Bertz CT molecular complexity index is 55.5. The van der Waals surface area contributed by atoms with Crippen molar-refractivity contribution in [2.75, 3.05) is 0 Å². The molecule has 0 atom stereocenters. The molecular weight excluding hydrogens is 271 g/mol. The standard InChI is InChI=1S/2ClHO4.Fe.H2O/c2*2-1(3,4)5;;/h2*(H,2,3,4,5);;1H2/q;;+2;/p-2. The maximum atomic E-state index is 8.49. The molecule has 0 bridgehead atoms. The van der Waals surface area contributed by atoms with Crippen molar-refractivity contribution in [3.05, 3.63) is 0 Å². The van der Waals surface area contributed by atoms with Gasteiger partial charge in [-0.3, -0.25) is 0 Å². The van der Waals surface area contributed by atoms with Crippen LogP contribution in [0.3, 0.4) is 0 Å². The Morgan fingerprint density at radius 3 is 0.500 bits per heavy atom. The second-order valence-electron chi connectivity index (χ2n) is 0.756. The van der Waals surface area contributed by atoms with Crippen LogP contribution in [0.5, 0.6) is 0 Å². The Labute approximate surface area is 80.7 Å². The van der Waals surface area contributed by atoms with Crippen molar-refractivity contribution >= 4 is 0 Å². The van der Waals surface area contributed by atoms with Gasteiger partial charge in [-0.05, 0) is 0 Å². The second-order valence-corrected chi connectivity index (χ2v) is 2.27. The maximum absolute atomic E-state index is 8.49. The van der Waals surface area contributed by atoms with Crippen LogP contribution < -0.4 is 37.3 Å². The Kier molecular flexibility index (Phi) is 16.0. The first kappa shape index (κ1) is 23.0. The Balaban J connectivity index is -0.0000000457. The summed E-state index contributed by atoms with van der Waals surface area (Å²) < 4.78 is 67.9. The van der Waals surface area contributed by atoms with Crippen LogP contribution in [0, 0.1) is 20.5 Å². The Morgan fingerprint density at radius 1 is 0.500 bits per heavy atom. The van der Waals surface area contributed by atoms with Crippen molar-refractivity contribution in [2.24, 2.45) is 0 Å². The van der Waals surface area contributed by atoms with Crippen LogP contribution in [0.2, 0.25) is 0 Å². The molecule has 0 aliphatic heterocycles. The molecule has 0 aromatic heterocycles. The minimum atomic E-state index is -4.94. The van der Waals surface area contributed by atoms with E-state index in [2.05, 4.69) is 0 Å². The van der Waals surface area contributed by atoms with Gasteiger partial charge in [0.05, 0.1) is 0 Å². The predicted molar refractivity (Wildman–Crippen MR) is 3.61 cm³/mol. The molecule has 12 heavy (non-hydrogen) atoms. The molecular formula is H2Cl2FeO9.